The number of hydrogen-bond donors (Lipinski definition) is 1. The monoisotopic (exact) mass is 412 g/mol. The van der Waals surface area contributed by atoms with Crippen LogP contribution in [0, 0.1) is 5.82 Å². The van der Waals surface area contributed by atoms with Crippen LogP contribution in [0.1, 0.15) is 41.6 Å². The van der Waals surface area contributed by atoms with E-state index in [4.69, 9.17) is 9.47 Å². The van der Waals surface area contributed by atoms with E-state index in [1.54, 1.807) is 0 Å². The molecule has 0 spiro atoms. The predicted octanol–water partition coefficient (Wildman–Crippen LogP) is 4.37. The van der Waals surface area contributed by atoms with Gasteiger partial charge in [0.1, 0.15) is 6.10 Å². The van der Waals surface area contributed by atoms with Gasteiger partial charge >= 0.3 is 6.18 Å². The van der Waals surface area contributed by atoms with Gasteiger partial charge in [0.05, 0.1) is 12.7 Å². The standard InChI is InChI=1S/C20H20F4N2O3/c1-28-17-8-2-12(10-16(17)21)19(27)26-14-4-6-15(7-5-14)29-18-9-3-13(11-25-18)20(22,23)24/h2-3,8-11,14-15H,4-7H2,1H3,(H,26,27). The summed E-state index contributed by atoms with van der Waals surface area (Å²) in [6.07, 6.45) is -1.38. The Bertz CT molecular complexity index is 848. The lowest BCUT2D eigenvalue weighted by molar-refractivity contribution is -0.137. The fourth-order valence-electron chi connectivity index (χ4n) is 3.19. The van der Waals surface area contributed by atoms with Gasteiger partial charge in [0.15, 0.2) is 11.6 Å². The number of hydrogen-bond acceptors (Lipinski definition) is 4. The summed E-state index contributed by atoms with van der Waals surface area (Å²) in [4.78, 5) is 16.0. The highest BCUT2D eigenvalue weighted by atomic mass is 19.4. The van der Waals surface area contributed by atoms with Crippen molar-refractivity contribution in [2.24, 2.45) is 0 Å². The molecule has 1 aromatic heterocycles. The number of nitrogens with one attached hydrogen (secondary N) is 1. The minimum atomic E-state index is -4.44. The van der Waals surface area contributed by atoms with Crippen LogP contribution in [0.15, 0.2) is 36.5 Å². The molecule has 156 valence electrons. The van der Waals surface area contributed by atoms with Crippen molar-refractivity contribution >= 4 is 5.91 Å². The zero-order valence-corrected chi connectivity index (χ0v) is 15.6. The van der Waals surface area contributed by atoms with E-state index < -0.39 is 17.6 Å². The third-order valence-corrected chi connectivity index (χ3v) is 4.77. The van der Waals surface area contributed by atoms with Gasteiger partial charge in [-0.3, -0.25) is 4.79 Å². The van der Waals surface area contributed by atoms with Gasteiger partial charge in [-0.15, -0.1) is 0 Å². The second-order valence-corrected chi connectivity index (χ2v) is 6.80. The van der Waals surface area contributed by atoms with Crippen molar-refractivity contribution in [3.8, 4) is 11.6 Å². The van der Waals surface area contributed by atoms with Crippen LogP contribution < -0.4 is 14.8 Å². The first kappa shape index (κ1) is 20.9. The smallest absolute Gasteiger partial charge is 0.417 e. The van der Waals surface area contributed by atoms with E-state index in [-0.39, 0.29) is 35.2 Å². The van der Waals surface area contributed by atoms with E-state index >= 15 is 0 Å². The molecule has 1 aliphatic rings. The van der Waals surface area contributed by atoms with Gasteiger partial charge in [0, 0.05) is 23.9 Å². The molecule has 1 N–H and O–H groups in total. The van der Waals surface area contributed by atoms with Crippen molar-refractivity contribution in [3.05, 3.63) is 53.5 Å². The van der Waals surface area contributed by atoms with E-state index in [1.165, 1.54) is 25.3 Å². The minimum absolute atomic E-state index is 0.0658. The first-order valence-electron chi connectivity index (χ1n) is 9.10. The van der Waals surface area contributed by atoms with Crippen molar-refractivity contribution in [3.63, 3.8) is 0 Å². The SMILES string of the molecule is COc1ccc(C(=O)NC2CCC(Oc3ccc(C(F)(F)F)cn3)CC2)cc1F. The molecule has 1 fully saturated rings. The predicted molar refractivity (Wildman–Crippen MR) is 96.3 cm³/mol. The molecule has 0 saturated heterocycles. The number of nitrogens with zero attached hydrogens (tertiary/aromatic N) is 1. The third kappa shape index (κ3) is 5.36. The summed E-state index contributed by atoms with van der Waals surface area (Å²) in [5.74, 6) is -0.781. The van der Waals surface area contributed by atoms with Crippen molar-refractivity contribution in [2.75, 3.05) is 7.11 Å². The van der Waals surface area contributed by atoms with E-state index in [9.17, 15) is 22.4 Å². The van der Waals surface area contributed by atoms with Gasteiger partial charge in [-0.2, -0.15) is 13.2 Å². The molecule has 9 heteroatoms. The summed E-state index contributed by atoms with van der Waals surface area (Å²) in [5, 5.41) is 2.87. The molecule has 5 nitrogen and oxygen atoms in total. The van der Waals surface area contributed by atoms with Gasteiger partial charge < -0.3 is 14.8 Å². The van der Waals surface area contributed by atoms with Crippen LogP contribution in [0.3, 0.4) is 0 Å². The molecule has 0 aliphatic heterocycles. The fourth-order valence-corrected chi connectivity index (χ4v) is 3.19. The van der Waals surface area contributed by atoms with Gasteiger partial charge in [-0.05, 0) is 49.9 Å². The molecule has 29 heavy (non-hydrogen) atoms. The number of carbonyl (C=O) groups is 1. The quantitative estimate of drug-likeness (QED) is 0.741. The maximum absolute atomic E-state index is 13.7. The molecule has 3 rings (SSSR count). The molecule has 0 radical (unpaired) electrons. The van der Waals surface area contributed by atoms with Crippen molar-refractivity contribution in [2.45, 2.75) is 44.0 Å². The summed E-state index contributed by atoms with van der Waals surface area (Å²) < 4.78 is 61.9. The first-order valence-corrected chi connectivity index (χ1v) is 9.10. The molecule has 1 amide bonds. The highest BCUT2D eigenvalue weighted by molar-refractivity contribution is 5.94. The Morgan fingerprint density at radius 2 is 1.86 bits per heavy atom. The number of rotatable bonds is 5. The Balaban J connectivity index is 1.49. The summed E-state index contributed by atoms with van der Waals surface area (Å²) in [6, 6.07) is 6.05. The van der Waals surface area contributed by atoms with Crippen LogP contribution in [0.4, 0.5) is 17.6 Å². The van der Waals surface area contributed by atoms with E-state index in [0.29, 0.717) is 25.7 Å². The summed E-state index contributed by atoms with van der Waals surface area (Å²) in [7, 11) is 1.35. The first-order chi connectivity index (χ1) is 13.8. The minimum Gasteiger partial charge on any atom is -0.494 e. The van der Waals surface area contributed by atoms with Crippen LogP contribution in [-0.2, 0) is 6.18 Å². The number of carbonyl (C=O) groups excluding carboxylic acids is 1. The summed E-state index contributed by atoms with van der Waals surface area (Å²) in [5.41, 5.74) is -0.623. The van der Waals surface area contributed by atoms with Crippen molar-refractivity contribution in [1.82, 2.24) is 10.3 Å². The summed E-state index contributed by atoms with van der Waals surface area (Å²) >= 11 is 0. The van der Waals surface area contributed by atoms with Crippen LogP contribution in [-0.4, -0.2) is 30.1 Å². The maximum Gasteiger partial charge on any atom is 0.417 e. The van der Waals surface area contributed by atoms with E-state index in [1.807, 2.05) is 0 Å². The van der Waals surface area contributed by atoms with Gasteiger partial charge in [0.25, 0.3) is 5.91 Å². The Morgan fingerprint density at radius 3 is 2.41 bits per heavy atom. The second-order valence-electron chi connectivity index (χ2n) is 6.80. The van der Waals surface area contributed by atoms with Crippen LogP contribution in [0.25, 0.3) is 0 Å². The molecule has 0 unspecified atom stereocenters. The molecule has 0 bridgehead atoms. The lowest BCUT2D eigenvalue weighted by Crippen LogP contribution is -2.39. The normalized spacial score (nSPS) is 19.5. The van der Waals surface area contributed by atoms with Crippen molar-refractivity contribution < 1.29 is 31.8 Å². The second kappa shape index (κ2) is 8.67. The number of benzene rings is 1. The Hall–Kier alpha value is -2.84. The number of methoxy groups -OCH3 is 1. The van der Waals surface area contributed by atoms with Crippen molar-refractivity contribution in [1.29, 1.82) is 0 Å². The average Bonchev–Trinajstić information content (AvgIpc) is 2.69. The molecular weight excluding hydrogens is 392 g/mol. The number of ether oxygens (including phenoxy) is 2. The fraction of sp³-hybridized carbons (Fsp3) is 0.400. The zero-order chi connectivity index (χ0) is 21.0. The molecular formula is C20H20F4N2O3. The Kier molecular flexibility index (Phi) is 6.24. The van der Waals surface area contributed by atoms with Crippen LogP contribution in [0.5, 0.6) is 11.6 Å². The molecule has 1 aliphatic carbocycles. The molecule has 2 aromatic rings. The zero-order valence-electron chi connectivity index (χ0n) is 15.6. The Labute approximate surface area is 165 Å². The van der Waals surface area contributed by atoms with Crippen LogP contribution in [0.2, 0.25) is 0 Å². The number of aromatic nitrogens is 1. The lowest BCUT2D eigenvalue weighted by Gasteiger charge is -2.29. The molecule has 0 atom stereocenters. The largest absolute Gasteiger partial charge is 0.494 e. The highest BCUT2D eigenvalue weighted by Crippen LogP contribution is 2.30. The average molecular weight is 412 g/mol. The van der Waals surface area contributed by atoms with Crippen LogP contribution >= 0.6 is 0 Å². The van der Waals surface area contributed by atoms with Gasteiger partial charge in [-0.1, -0.05) is 0 Å². The van der Waals surface area contributed by atoms with Gasteiger partial charge in [-0.25, -0.2) is 9.37 Å². The molecule has 1 saturated carbocycles. The summed E-state index contributed by atoms with van der Waals surface area (Å²) in [6.45, 7) is 0. The third-order valence-electron chi connectivity index (χ3n) is 4.77. The van der Waals surface area contributed by atoms with Gasteiger partial charge in [0.2, 0.25) is 5.88 Å². The molecule has 1 heterocycles. The maximum atomic E-state index is 13.7. The number of pyridine rings is 1. The topological polar surface area (TPSA) is 60.5 Å². The highest BCUT2D eigenvalue weighted by Gasteiger charge is 2.31. The number of alkyl halides is 3. The van der Waals surface area contributed by atoms with E-state index in [2.05, 4.69) is 10.3 Å². The number of halogens is 4. The number of amides is 1. The Morgan fingerprint density at radius 1 is 1.14 bits per heavy atom. The molecule has 1 aromatic carbocycles. The lowest BCUT2D eigenvalue weighted by atomic mass is 9.92. The van der Waals surface area contributed by atoms with E-state index in [0.717, 1.165) is 18.3 Å².